The molecule has 3 heteroatoms. The van der Waals surface area contributed by atoms with Crippen molar-refractivity contribution < 1.29 is 5.11 Å². The molecule has 2 aromatic carbocycles. The average Bonchev–Trinajstić information content (AvgIpc) is 2.33. The molecule has 0 atom stereocenters. The molecule has 0 aliphatic heterocycles. The number of aromatic hydroxyl groups is 1. The Balaban J connectivity index is 2.14. The molecule has 0 aliphatic carbocycles. The lowest BCUT2D eigenvalue weighted by atomic mass is 10.1. The van der Waals surface area contributed by atoms with Crippen molar-refractivity contribution in [3.63, 3.8) is 0 Å². The first-order valence-corrected chi connectivity index (χ1v) is 6.23. The van der Waals surface area contributed by atoms with Crippen LogP contribution in [0.2, 0.25) is 5.02 Å². The van der Waals surface area contributed by atoms with Gasteiger partial charge in [0.15, 0.2) is 0 Å². The first-order chi connectivity index (χ1) is 8.58. The maximum Gasteiger partial charge on any atom is 0.122 e. The Hall–Kier alpha value is -1.67. The highest BCUT2D eigenvalue weighted by Crippen LogP contribution is 2.26. The van der Waals surface area contributed by atoms with Crippen LogP contribution in [0.4, 0.5) is 5.69 Å². The molecular formula is C15H16ClNO. The van der Waals surface area contributed by atoms with Crippen LogP contribution in [0.1, 0.15) is 16.7 Å². The van der Waals surface area contributed by atoms with Crippen molar-refractivity contribution in [1.29, 1.82) is 0 Å². The van der Waals surface area contributed by atoms with E-state index < -0.39 is 0 Å². The average molecular weight is 262 g/mol. The van der Waals surface area contributed by atoms with Crippen LogP contribution in [0, 0.1) is 13.8 Å². The zero-order valence-corrected chi connectivity index (χ0v) is 11.3. The molecule has 94 valence electrons. The Morgan fingerprint density at radius 1 is 1.11 bits per heavy atom. The Morgan fingerprint density at radius 2 is 1.89 bits per heavy atom. The third-order valence-electron chi connectivity index (χ3n) is 3.07. The first-order valence-electron chi connectivity index (χ1n) is 5.85. The number of aryl methyl sites for hydroxylation is 2. The van der Waals surface area contributed by atoms with E-state index in [-0.39, 0.29) is 5.75 Å². The van der Waals surface area contributed by atoms with Gasteiger partial charge in [-0.3, -0.25) is 0 Å². The molecule has 2 nitrogen and oxygen atoms in total. The molecule has 0 unspecified atom stereocenters. The summed E-state index contributed by atoms with van der Waals surface area (Å²) in [5.74, 6) is 0.221. The van der Waals surface area contributed by atoms with Crippen LogP contribution in [0.25, 0.3) is 0 Å². The van der Waals surface area contributed by atoms with Gasteiger partial charge in [0.1, 0.15) is 5.75 Å². The van der Waals surface area contributed by atoms with Gasteiger partial charge in [-0.25, -0.2) is 0 Å². The molecule has 0 saturated carbocycles. The van der Waals surface area contributed by atoms with E-state index in [0.717, 1.165) is 11.3 Å². The van der Waals surface area contributed by atoms with Crippen molar-refractivity contribution in [2.75, 3.05) is 5.32 Å². The molecule has 18 heavy (non-hydrogen) atoms. The second-order valence-electron chi connectivity index (χ2n) is 4.39. The molecule has 0 saturated heterocycles. The van der Waals surface area contributed by atoms with Gasteiger partial charge < -0.3 is 10.4 Å². The lowest BCUT2D eigenvalue weighted by Crippen LogP contribution is -2.01. The summed E-state index contributed by atoms with van der Waals surface area (Å²) in [4.78, 5) is 0. The highest BCUT2D eigenvalue weighted by atomic mass is 35.5. The van der Waals surface area contributed by atoms with Crippen molar-refractivity contribution in [3.8, 4) is 5.75 Å². The Bertz CT molecular complexity index is 546. The second kappa shape index (κ2) is 5.32. The van der Waals surface area contributed by atoms with E-state index in [0.29, 0.717) is 11.6 Å². The molecule has 0 spiro atoms. The zero-order valence-electron chi connectivity index (χ0n) is 10.5. The highest BCUT2D eigenvalue weighted by Gasteiger charge is 2.05. The predicted molar refractivity (Wildman–Crippen MR) is 76.4 cm³/mol. The zero-order chi connectivity index (χ0) is 13.1. The van der Waals surface area contributed by atoms with E-state index in [2.05, 4.69) is 31.3 Å². The van der Waals surface area contributed by atoms with E-state index >= 15 is 0 Å². The standard InChI is InChI=1S/C15H16ClNO/c1-10-6-7-12(8-11(10)2)17-9-13-14(16)4-3-5-15(13)18/h3-8,17-18H,9H2,1-2H3. The normalized spacial score (nSPS) is 10.4. The maximum atomic E-state index is 9.74. The molecule has 2 rings (SSSR count). The first kappa shape index (κ1) is 12.8. The molecular weight excluding hydrogens is 246 g/mol. The van der Waals surface area contributed by atoms with Crippen LogP contribution in [-0.2, 0) is 6.54 Å². The molecule has 0 bridgehead atoms. The maximum absolute atomic E-state index is 9.74. The lowest BCUT2D eigenvalue weighted by molar-refractivity contribution is 0.469. The summed E-state index contributed by atoms with van der Waals surface area (Å²) in [6.07, 6.45) is 0. The van der Waals surface area contributed by atoms with Crippen LogP contribution in [0.5, 0.6) is 5.75 Å². The molecule has 0 heterocycles. The summed E-state index contributed by atoms with van der Waals surface area (Å²) in [7, 11) is 0. The summed E-state index contributed by atoms with van der Waals surface area (Å²) < 4.78 is 0. The number of hydrogen-bond acceptors (Lipinski definition) is 2. The Labute approximate surface area is 112 Å². The number of nitrogens with one attached hydrogen (secondary N) is 1. The quantitative estimate of drug-likeness (QED) is 0.865. The smallest absolute Gasteiger partial charge is 0.122 e. The second-order valence-corrected chi connectivity index (χ2v) is 4.80. The van der Waals surface area contributed by atoms with Crippen molar-refractivity contribution in [1.82, 2.24) is 0 Å². The largest absolute Gasteiger partial charge is 0.508 e. The van der Waals surface area contributed by atoms with Crippen molar-refractivity contribution in [2.24, 2.45) is 0 Å². The fraction of sp³-hybridized carbons (Fsp3) is 0.200. The minimum absolute atomic E-state index is 0.221. The summed E-state index contributed by atoms with van der Waals surface area (Å²) in [6.45, 7) is 4.67. The highest BCUT2D eigenvalue weighted by molar-refractivity contribution is 6.31. The summed E-state index contributed by atoms with van der Waals surface area (Å²) in [5, 5.41) is 13.6. The van der Waals surface area contributed by atoms with Crippen LogP contribution >= 0.6 is 11.6 Å². The van der Waals surface area contributed by atoms with E-state index in [4.69, 9.17) is 11.6 Å². The number of phenolic OH excluding ortho intramolecular Hbond substituents is 1. The fourth-order valence-corrected chi connectivity index (χ4v) is 2.00. The van der Waals surface area contributed by atoms with Crippen LogP contribution in [0.3, 0.4) is 0 Å². The van der Waals surface area contributed by atoms with Gasteiger partial charge in [-0.15, -0.1) is 0 Å². The Morgan fingerprint density at radius 3 is 2.56 bits per heavy atom. The molecule has 0 aliphatic rings. The van der Waals surface area contributed by atoms with Gasteiger partial charge in [-0.1, -0.05) is 23.7 Å². The van der Waals surface area contributed by atoms with Crippen LogP contribution in [0.15, 0.2) is 36.4 Å². The van der Waals surface area contributed by atoms with Crippen molar-refractivity contribution in [2.45, 2.75) is 20.4 Å². The van der Waals surface area contributed by atoms with Gasteiger partial charge >= 0.3 is 0 Å². The fourth-order valence-electron chi connectivity index (χ4n) is 1.76. The van der Waals surface area contributed by atoms with Gasteiger partial charge in [-0.2, -0.15) is 0 Å². The molecule has 0 radical (unpaired) electrons. The van der Waals surface area contributed by atoms with Crippen LogP contribution in [-0.4, -0.2) is 5.11 Å². The van der Waals surface area contributed by atoms with Gasteiger partial charge in [0, 0.05) is 22.8 Å². The third kappa shape index (κ3) is 2.77. The van der Waals surface area contributed by atoms with Gasteiger partial charge in [0.05, 0.1) is 0 Å². The number of benzene rings is 2. The minimum Gasteiger partial charge on any atom is -0.508 e. The monoisotopic (exact) mass is 261 g/mol. The molecule has 0 aromatic heterocycles. The summed E-state index contributed by atoms with van der Waals surface area (Å²) >= 11 is 6.05. The summed E-state index contributed by atoms with van der Waals surface area (Å²) in [6, 6.07) is 11.3. The SMILES string of the molecule is Cc1ccc(NCc2c(O)cccc2Cl)cc1C. The molecule has 2 N–H and O–H groups in total. The van der Waals surface area contributed by atoms with Crippen molar-refractivity contribution >= 4 is 17.3 Å². The lowest BCUT2D eigenvalue weighted by Gasteiger charge is -2.11. The molecule has 0 amide bonds. The number of halogens is 1. The van der Waals surface area contributed by atoms with E-state index in [9.17, 15) is 5.11 Å². The molecule has 0 fully saturated rings. The van der Waals surface area contributed by atoms with E-state index in [1.807, 2.05) is 6.07 Å². The molecule has 2 aromatic rings. The van der Waals surface area contributed by atoms with Gasteiger partial charge in [0.2, 0.25) is 0 Å². The van der Waals surface area contributed by atoms with Gasteiger partial charge in [-0.05, 0) is 49.2 Å². The van der Waals surface area contributed by atoms with E-state index in [1.54, 1.807) is 18.2 Å². The number of anilines is 1. The number of hydrogen-bond donors (Lipinski definition) is 2. The topological polar surface area (TPSA) is 32.3 Å². The van der Waals surface area contributed by atoms with Gasteiger partial charge in [0.25, 0.3) is 0 Å². The number of rotatable bonds is 3. The predicted octanol–water partition coefficient (Wildman–Crippen LogP) is 4.27. The third-order valence-corrected chi connectivity index (χ3v) is 3.42. The minimum atomic E-state index is 0.221. The van der Waals surface area contributed by atoms with Crippen LogP contribution < -0.4 is 5.32 Å². The number of phenols is 1. The van der Waals surface area contributed by atoms with E-state index in [1.165, 1.54) is 11.1 Å². The summed E-state index contributed by atoms with van der Waals surface area (Å²) in [5.41, 5.74) is 4.25. The van der Waals surface area contributed by atoms with Crippen molar-refractivity contribution in [3.05, 3.63) is 58.1 Å². The Kier molecular flexibility index (Phi) is 3.78.